The summed E-state index contributed by atoms with van der Waals surface area (Å²) in [5.74, 6) is 0.146. The topological polar surface area (TPSA) is 135 Å². The Bertz CT molecular complexity index is 2350. The van der Waals surface area contributed by atoms with E-state index in [4.69, 9.17) is 14.7 Å². The van der Waals surface area contributed by atoms with Crippen LogP contribution in [0.4, 0.5) is 11.4 Å². The number of methoxy groups -OCH3 is 1. The number of rotatable bonds is 5. The van der Waals surface area contributed by atoms with Crippen LogP contribution in [0.2, 0.25) is 0 Å². The van der Waals surface area contributed by atoms with Crippen molar-refractivity contribution in [3.05, 3.63) is 130 Å². The lowest BCUT2D eigenvalue weighted by molar-refractivity contribution is -0.384. The molecule has 10 heteroatoms. The number of non-ortho nitro benzene ring substituents is 1. The average molecular weight is 617 g/mol. The maximum absolute atomic E-state index is 13.5. The summed E-state index contributed by atoms with van der Waals surface area (Å²) in [6.45, 7) is 2.01. The van der Waals surface area contributed by atoms with Crippen molar-refractivity contribution in [2.75, 3.05) is 12.0 Å². The van der Waals surface area contributed by atoms with Gasteiger partial charge in [-0.25, -0.2) is 15.0 Å². The van der Waals surface area contributed by atoms with Gasteiger partial charge in [-0.15, -0.1) is 0 Å². The number of aromatic nitrogens is 3. The predicted octanol–water partition coefficient (Wildman–Crippen LogP) is 7.12. The maximum Gasteiger partial charge on any atom is 0.271 e. The fourth-order valence-electron chi connectivity index (χ4n) is 6.75. The fourth-order valence-corrected chi connectivity index (χ4v) is 6.75. The monoisotopic (exact) mass is 616 g/mol. The Labute approximate surface area is 268 Å². The second-order valence-electron chi connectivity index (χ2n) is 11.6. The molecule has 1 unspecified atom stereocenters. The molecule has 8 rings (SSSR count). The van der Waals surface area contributed by atoms with Gasteiger partial charge in [-0.05, 0) is 42.3 Å². The fraction of sp³-hybridized carbons (Fsp3) is 0.108. The molecule has 1 fully saturated rings. The van der Waals surface area contributed by atoms with E-state index >= 15 is 0 Å². The van der Waals surface area contributed by atoms with Gasteiger partial charge < -0.3 is 4.74 Å². The molecule has 10 nitrogen and oxygen atoms in total. The Kier molecular flexibility index (Phi) is 6.14. The molecule has 1 aliphatic carbocycles. The highest BCUT2D eigenvalue weighted by atomic mass is 16.6. The largest absolute Gasteiger partial charge is 0.480 e. The number of aryl methyl sites for hydroxylation is 1. The minimum absolute atomic E-state index is 0.0768. The standard InChI is InChI=1S/C37H24N6O4/c1-21-7-9-22(10-8-21)27-18-31(41-36(47-2)28(27)20-38)23-11-13-24(14-12-23)42-33(44)19-37(42)29-6-4-3-5-26(29)34-35(37)40-32-17-25(43(45)46)15-16-30(32)39-34/h3-18H,19H2,1-2H3. The van der Waals surface area contributed by atoms with Gasteiger partial charge in [0.25, 0.3) is 5.69 Å². The van der Waals surface area contributed by atoms with Crippen LogP contribution in [0, 0.1) is 28.4 Å². The summed E-state index contributed by atoms with van der Waals surface area (Å²) in [5.41, 5.74) is 8.07. The molecule has 6 aromatic rings. The zero-order valence-electron chi connectivity index (χ0n) is 25.3. The summed E-state index contributed by atoms with van der Waals surface area (Å²) in [6.07, 6.45) is 0.183. The van der Waals surface area contributed by atoms with E-state index in [2.05, 4.69) is 11.1 Å². The number of nitro benzene ring substituents is 1. The van der Waals surface area contributed by atoms with E-state index in [9.17, 15) is 20.2 Å². The van der Waals surface area contributed by atoms with Crippen molar-refractivity contribution >= 4 is 28.3 Å². The number of pyridine rings is 1. The molecule has 226 valence electrons. The van der Waals surface area contributed by atoms with Crippen LogP contribution in [0.1, 0.15) is 28.8 Å². The maximum atomic E-state index is 13.5. The number of hydrogen-bond donors (Lipinski definition) is 0. The van der Waals surface area contributed by atoms with Gasteiger partial charge in [0.1, 0.15) is 17.2 Å². The minimum Gasteiger partial charge on any atom is -0.480 e. The van der Waals surface area contributed by atoms with Crippen molar-refractivity contribution in [2.24, 2.45) is 0 Å². The van der Waals surface area contributed by atoms with E-state index in [1.807, 2.05) is 85.8 Å². The normalized spacial score (nSPS) is 16.0. The molecule has 0 N–H and O–H groups in total. The van der Waals surface area contributed by atoms with Crippen LogP contribution >= 0.6 is 0 Å². The quantitative estimate of drug-likeness (QED) is 0.114. The Balaban J connectivity index is 1.23. The highest BCUT2D eigenvalue weighted by Gasteiger charge is 2.60. The Hall–Kier alpha value is -6.47. The molecule has 1 aliphatic heterocycles. The second-order valence-corrected chi connectivity index (χ2v) is 11.6. The second kappa shape index (κ2) is 10.3. The van der Waals surface area contributed by atoms with E-state index in [1.54, 1.807) is 11.0 Å². The number of nitro groups is 1. The molecule has 0 radical (unpaired) electrons. The van der Waals surface area contributed by atoms with Gasteiger partial charge in [0.2, 0.25) is 11.8 Å². The molecule has 47 heavy (non-hydrogen) atoms. The van der Waals surface area contributed by atoms with Crippen LogP contribution in [-0.2, 0) is 10.3 Å². The number of nitriles is 1. The van der Waals surface area contributed by atoms with Crippen LogP contribution < -0.4 is 9.64 Å². The zero-order chi connectivity index (χ0) is 32.4. The van der Waals surface area contributed by atoms with Crippen molar-refractivity contribution < 1.29 is 14.5 Å². The number of benzene rings is 4. The molecule has 4 aromatic carbocycles. The third-order valence-electron chi connectivity index (χ3n) is 8.99. The molecule has 1 amide bonds. The molecule has 1 spiro atoms. The first kappa shape index (κ1) is 28.0. The molecule has 1 saturated heterocycles. The van der Waals surface area contributed by atoms with Gasteiger partial charge >= 0.3 is 0 Å². The lowest BCUT2D eigenvalue weighted by atomic mass is 9.77. The van der Waals surface area contributed by atoms with Gasteiger partial charge in [-0.1, -0.05) is 66.2 Å². The van der Waals surface area contributed by atoms with Crippen LogP contribution in [0.3, 0.4) is 0 Å². The van der Waals surface area contributed by atoms with Crippen LogP contribution in [0.25, 0.3) is 44.7 Å². The highest BCUT2D eigenvalue weighted by Crippen LogP contribution is 2.57. The zero-order valence-corrected chi connectivity index (χ0v) is 25.3. The van der Waals surface area contributed by atoms with E-state index < -0.39 is 10.5 Å². The van der Waals surface area contributed by atoms with E-state index in [0.717, 1.165) is 27.8 Å². The van der Waals surface area contributed by atoms with Crippen LogP contribution in [0.15, 0.2) is 97.1 Å². The summed E-state index contributed by atoms with van der Waals surface area (Å²) in [6, 6.07) is 31.8. The number of nitrogens with zero attached hydrogens (tertiary/aromatic N) is 6. The van der Waals surface area contributed by atoms with Gasteiger partial charge in [0, 0.05) is 34.5 Å². The number of anilines is 1. The van der Waals surface area contributed by atoms with Gasteiger partial charge in [0.15, 0.2) is 0 Å². The molecule has 0 bridgehead atoms. The van der Waals surface area contributed by atoms with Crippen molar-refractivity contribution in [2.45, 2.75) is 18.9 Å². The Morgan fingerprint density at radius 3 is 2.34 bits per heavy atom. The Morgan fingerprint density at radius 1 is 0.894 bits per heavy atom. The number of ether oxygens (including phenoxy) is 1. The third-order valence-corrected chi connectivity index (χ3v) is 8.99. The van der Waals surface area contributed by atoms with Crippen molar-refractivity contribution in [3.63, 3.8) is 0 Å². The molecule has 3 heterocycles. The van der Waals surface area contributed by atoms with Crippen molar-refractivity contribution in [1.82, 2.24) is 15.0 Å². The first-order valence-corrected chi connectivity index (χ1v) is 14.9. The van der Waals surface area contributed by atoms with Crippen LogP contribution in [0.5, 0.6) is 5.88 Å². The average Bonchev–Trinajstić information content (AvgIpc) is 3.37. The number of carbonyl (C=O) groups excluding carboxylic acids is 1. The SMILES string of the molecule is COc1nc(-c2ccc(N3C(=O)CC34c3ccccc3-c3nc5ccc([N+](=O)[O-])cc5nc34)cc2)cc(-c2ccc(C)cc2)c1C#N. The smallest absolute Gasteiger partial charge is 0.271 e. The molecular formula is C37H24N6O4. The summed E-state index contributed by atoms with van der Waals surface area (Å²) in [5, 5.41) is 21.5. The number of carbonyl (C=O) groups is 1. The predicted molar refractivity (Wildman–Crippen MR) is 176 cm³/mol. The van der Waals surface area contributed by atoms with E-state index in [-0.39, 0.29) is 23.9 Å². The van der Waals surface area contributed by atoms with Crippen molar-refractivity contribution in [1.29, 1.82) is 5.26 Å². The highest BCUT2D eigenvalue weighted by molar-refractivity contribution is 6.07. The Morgan fingerprint density at radius 2 is 1.64 bits per heavy atom. The third kappa shape index (κ3) is 4.10. The summed E-state index contributed by atoms with van der Waals surface area (Å²) in [7, 11) is 1.49. The molecule has 2 aromatic heterocycles. The lowest BCUT2D eigenvalue weighted by Crippen LogP contribution is -2.61. The number of hydrogen-bond acceptors (Lipinski definition) is 8. The summed E-state index contributed by atoms with van der Waals surface area (Å²) < 4.78 is 5.53. The lowest BCUT2D eigenvalue weighted by Gasteiger charge is -2.50. The van der Waals surface area contributed by atoms with Crippen LogP contribution in [-0.4, -0.2) is 32.9 Å². The summed E-state index contributed by atoms with van der Waals surface area (Å²) in [4.78, 5) is 40.7. The van der Waals surface area contributed by atoms with Gasteiger partial charge in [0.05, 0.1) is 46.6 Å². The summed E-state index contributed by atoms with van der Waals surface area (Å²) >= 11 is 0. The molecule has 2 aliphatic rings. The number of β-lactam (4-membered cyclic amide) rings is 1. The van der Waals surface area contributed by atoms with Crippen molar-refractivity contribution in [3.8, 4) is 45.6 Å². The minimum atomic E-state index is -0.912. The number of amides is 1. The first-order chi connectivity index (χ1) is 22.8. The van der Waals surface area contributed by atoms with E-state index in [0.29, 0.717) is 44.9 Å². The van der Waals surface area contributed by atoms with Gasteiger partial charge in [-0.3, -0.25) is 19.8 Å². The van der Waals surface area contributed by atoms with Gasteiger partial charge in [-0.2, -0.15) is 5.26 Å². The van der Waals surface area contributed by atoms with E-state index in [1.165, 1.54) is 19.2 Å². The first-order valence-electron chi connectivity index (χ1n) is 14.9. The molecular weight excluding hydrogens is 592 g/mol. The number of fused-ring (bicyclic) bond motifs is 6. The molecule has 1 atom stereocenters. The molecule has 0 saturated carbocycles.